The van der Waals surface area contributed by atoms with Crippen molar-refractivity contribution >= 4 is 23.4 Å². The number of hydrogen-bond acceptors (Lipinski definition) is 3. The summed E-state index contributed by atoms with van der Waals surface area (Å²) >= 11 is 5.79. The standard InChI is InChI=1S/C20H29ClFN3O2/c1-20(2,3)24(4)18(26)13-25-7-5-14(6-8-25)12-23-19(27)15-9-16(21)11-17(22)10-15/h9-11,14H,5-8,12-13H2,1-4H3,(H,23,27). The lowest BCUT2D eigenvalue weighted by Crippen LogP contribution is -2.49. The van der Waals surface area contributed by atoms with Crippen LogP contribution in [0.2, 0.25) is 5.02 Å². The molecule has 0 radical (unpaired) electrons. The third kappa shape index (κ3) is 6.47. The number of piperidine rings is 1. The van der Waals surface area contributed by atoms with Crippen LogP contribution in [0, 0.1) is 11.7 Å². The van der Waals surface area contributed by atoms with E-state index in [2.05, 4.69) is 10.2 Å². The maximum Gasteiger partial charge on any atom is 0.251 e. The zero-order chi connectivity index (χ0) is 20.2. The minimum Gasteiger partial charge on any atom is -0.352 e. The molecular weight excluding hydrogens is 369 g/mol. The average molecular weight is 398 g/mol. The topological polar surface area (TPSA) is 52.7 Å². The molecule has 1 aromatic rings. The molecule has 27 heavy (non-hydrogen) atoms. The number of carbonyl (C=O) groups excluding carboxylic acids is 2. The molecule has 1 fully saturated rings. The highest BCUT2D eigenvalue weighted by atomic mass is 35.5. The molecule has 0 bridgehead atoms. The molecule has 0 saturated carbocycles. The second-order valence-electron chi connectivity index (χ2n) is 8.21. The Balaban J connectivity index is 1.76. The SMILES string of the molecule is CN(C(=O)CN1CCC(CNC(=O)c2cc(F)cc(Cl)c2)CC1)C(C)(C)C. The van der Waals surface area contributed by atoms with Crippen LogP contribution >= 0.6 is 11.6 Å². The van der Waals surface area contributed by atoms with Gasteiger partial charge in [-0.2, -0.15) is 0 Å². The summed E-state index contributed by atoms with van der Waals surface area (Å²) in [4.78, 5) is 28.5. The molecule has 2 amide bonds. The van der Waals surface area contributed by atoms with Crippen molar-refractivity contribution in [1.82, 2.24) is 15.1 Å². The summed E-state index contributed by atoms with van der Waals surface area (Å²) in [5.41, 5.74) is 0.0488. The third-order valence-corrected chi connectivity index (χ3v) is 5.34. The van der Waals surface area contributed by atoms with Gasteiger partial charge in [-0.3, -0.25) is 14.5 Å². The van der Waals surface area contributed by atoms with Gasteiger partial charge in [-0.05, 0) is 70.8 Å². The highest BCUT2D eigenvalue weighted by molar-refractivity contribution is 6.31. The van der Waals surface area contributed by atoms with Crippen LogP contribution in [-0.2, 0) is 4.79 Å². The van der Waals surface area contributed by atoms with Crippen LogP contribution in [0.25, 0.3) is 0 Å². The predicted octanol–water partition coefficient (Wildman–Crippen LogP) is 3.18. The van der Waals surface area contributed by atoms with E-state index in [1.807, 2.05) is 27.8 Å². The van der Waals surface area contributed by atoms with Crippen LogP contribution in [0.1, 0.15) is 44.0 Å². The fourth-order valence-electron chi connectivity index (χ4n) is 3.04. The van der Waals surface area contributed by atoms with Gasteiger partial charge < -0.3 is 10.2 Å². The molecule has 1 N–H and O–H groups in total. The van der Waals surface area contributed by atoms with E-state index in [9.17, 15) is 14.0 Å². The zero-order valence-electron chi connectivity index (χ0n) is 16.5. The van der Waals surface area contributed by atoms with Gasteiger partial charge in [0.05, 0.1) is 6.54 Å². The van der Waals surface area contributed by atoms with Crippen molar-refractivity contribution in [3.63, 3.8) is 0 Å². The van der Waals surface area contributed by atoms with Crippen LogP contribution < -0.4 is 5.32 Å². The number of carbonyl (C=O) groups is 2. The molecule has 0 aliphatic carbocycles. The smallest absolute Gasteiger partial charge is 0.251 e. The summed E-state index contributed by atoms with van der Waals surface area (Å²) < 4.78 is 13.4. The van der Waals surface area contributed by atoms with E-state index in [-0.39, 0.29) is 27.9 Å². The van der Waals surface area contributed by atoms with E-state index in [1.54, 1.807) is 4.90 Å². The fraction of sp³-hybridized carbons (Fsp3) is 0.600. The van der Waals surface area contributed by atoms with Crippen molar-refractivity contribution in [2.45, 2.75) is 39.2 Å². The molecule has 1 aliphatic heterocycles. The van der Waals surface area contributed by atoms with E-state index in [4.69, 9.17) is 11.6 Å². The molecule has 1 aliphatic rings. The Morgan fingerprint density at radius 1 is 1.26 bits per heavy atom. The molecule has 0 unspecified atom stereocenters. The van der Waals surface area contributed by atoms with Gasteiger partial charge in [-0.15, -0.1) is 0 Å². The van der Waals surface area contributed by atoms with Gasteiger partial charge >= 0.3 is 0 Å². The highest BCUT2D eigenvalue weighted by Crippen LogP contribution is 2.18. The minimum absolute atomic E-state index is 0.122. The monoisotopic (exact) mass is 397 g/mol. The minimum atomic E-state index is -0.522. The zero-order valence-corrected chi connectivity index (χ0v) is 17.3. The summed E-state index contributed by atoms with van der Waals surface area (Å²) in [5, 5.41) is 3.07. The van der Waals surface area contributed by atoms with Gasteiger partial charge in [0.15, 0.2) is 0 Å². The molecule has 0 spiro atoms. The summed E-state index contributed by atoms with van der Waals surface area (Å²) in [6.45, 7) is 8.68. The van der Waals surface area contributed by atoms with Crippen LogP contribution in [0.4, 0.5) is 4.39 Å². The number of nitrogens with zero attached hydrogens (tertiary/aromatic N) is 2. The Hall–Kier alpha value is -1.66. The fourth-order valence-corrected chi connectivity index (χ4v) is 3.27. The van der Waals surface area contributed by atoms with Crippen molar-refractivity contribution in [2.24, 2.45) is 5.92 Å². The second-order valence-corrected chi connectivity index (χ2v) is 8.65. The molecule has 1 heterocycles. The Bertz CT molecular complexity index is 662. The Labute approximate surface area is 165 Å². The summed E-state index contributed by atoms with van der Waals surface area (Å²) in [5.74, 6) is -0.367. The van der Waals surface area contributed by atoms with Gasteiger partial charge in [0.2, 0.25) is 5.91 Å². The normalized spacial score (nSPS) is 16.2. The summed E-state index contributed by atoms with van der Waals surface area (Å²) in [6.07, 6.45) is 1.83. The quantitative estimate of drug-likeness (QED) is 0.830. The van der Waals surface area contributed by atoms with Gasteiger partial charge in [0, 0.05) is 29.7 Å². The molecule has 7 heteroatoms. The lowest BCUT2D eigenvalue weighted by Gasteiger charge is -2.36. The lowest BCUT2D eigenvalue weighted by molar-refractivity contribution is -0.135. The van der Waals surface area contributed by atoms with Gasteiger partial charge in [-0.25, -0.2) is 4.39 Å². The van der Waals surface area contributed by atoms with Crippen molar-refractivity contribution < 1.29 is 14.0 Å². The summed E-state index contributed by atoms with van der Waals surface area (Å²) in [6, 6.07) is 3.81. The first-order valence-corrected chi connectivity index (χ1v) is 9.67. The van der Waals surface area contributed by atoms with Gasteiger partial charge in [-0.1, -0.05) is 11.6 Å². The predicted molar refractivity (Wildman–Crippen MR) is 105 cm³/mol. The van der Waals surface area contributed by atoms with Crippen LogP contribution in [0.3, 0.4) is 0 Å². The van der Waals surface area contributed by atoms with Crippen LogP contribution in [0.15, 0.2) is 18.2 Å². The first-order valence-electron chi connectivity index (χ1n) is 9.29. The van der Waals surface area contributed by atoms with E-state index >= 15 is 0 Å². The first-order chi connectivity index (χ1) is 12.6. The van der Waals surface area contributed by atoms with E-state index < -0.39 is 5.82 Å². The molecule has 5 nitrogen and oxygen atoms in total. The van der Waals surface area contributed by atoms with Crippen molar-refractivity contribution in [3.05, 3.63) is 34.6 Å². The Kier molecular flexibility index (Phi) is 7.23. The number of benzene rings is 1. The third-order valence-electron chi connectivity index (χ3n) is 5.12. The van der Waals surface area contributed by atoms with Crippen molar-refractivity contribution in [1.29, 1.82) is 0 Å². The van der Waals surface area contributed by atoms with Crippen LogP contribution in [-0.4, -0.2) is 60.4 Å². The highest BCUT2D eigenvalue weighted by Gasteiger charge is 2.26. The number of rotatable bonds is 5. The molecule has 150 valence electrons. The number of nitrogens with one attached hydrogen (secondary N) is 1. The largest absolute Gasteiger partial charge is 0.352 e. The molecule has 1 saturated heterocycles. The number of likely N-dealkylation sites (tertiary alicyclic amines) is 1. The van der Waals surface area contributed by atoms with Gasteiger partial charge in [0.1, 0.15) is 5.82 Å². The second kappa shape index (κ2) is 9.02. The van der Waals surface area contributed by atoms with Crippen molar-refractivity contribution in [2.75, 3.05) is 33.2 Å². The first kappa shape index (κ1) is 21.6. The average Bonchev–Trinajstić information content (AvgIpc) is 2.58. The molecule has 1 aromatic carbocycles. The number of amides is 2. The number of halogens is 2. The van der Waals surface area contributed by atoms with Gasteiger partial charge in [0.25, 0.3) is 5.91 Å². The molecular formula is C20H29ClFN3O2. The number of hydrogen-bond donors (Lipinski definition) is 1. The maximum atomic E-state index is 13.4. The van der Waals surface area contributed by atoms with E-state index in [0.717, 1.165) is 25.9 Å². The van der Waals surface area contributed by atoms with Crippen molar-refractivity contribution in [3.8, 4) is 0 Å². The van der Waals surface area contributed by atoms with Crippen LogP contribution in [0.5, 0.6) is 0 Å². The molecule has 0 atom stereocenters. The van der Waals surface area contributed by atoms with E-state index in [0.29, 0.717) is 19.0 Å². The number of likely N-dealkylation sites (N-methyl/N-ethyl adjacent to an activating group) is 1. The Morgan fingerprint density at radius 2 is 1.89 bits per heavy atom. The maximum absolute atomic E-state index is 13.4. The molecule has 2 rings (SSSR count). The lowest BCUT2D eigenvalue weighted by atomic mass is 9.96. The summed E-state index contributed by atoms with van der Waals surface area (Å²) in [7, 11) is 1.84. The Morgan fingerprint density at radius 3 is 2.44 bits per heavy atom. The molecule has 0 aromatic heterocycles. The van der Waals surface area contributed by atoms with E-state index in [1.165, 1.54) is 18.2 Å².